The zero-order valence-electron chi connectivity index (χ0n) is 19.3. The molecule has 0 atom stereocenters. The maximum atomic E-state index is 12.6. The van der Waals surface area contributed by atoms with Crippen molar-refractivity contribution < 1.29 is 9.47 Å². The molecule has 2 aromatic heterocycles. The second kappa shape index (κ2) is 13.5. The SMILES string of the molecule is C/C=C1\COCCCO1.C=C/C=C/n1cnc(-c2cnccc2N(C)CC)c(SC)c1=O. The molecule has 0 unspecified atom stereocenters. The quantitative estimate of drug-likeness (QED) is 0.469. The number of aromatic nitrogens is 3. The lowest BCUT2D eigenvalue weighted by molar-refractivity contribution is 0.152. The normalized spacial score (nSPS) is 14.9. The van der Waals surface area contributed by atoms with Crippen LogP contribution >= 0.6 is 11.8 Å². The van der Waals surface area contributed by atoms with Crippen LogP contribution in [-0.4, -0.2) is 54.2 Å². The third-order valence-electron chi connectivity index (χ3n) is 4.77. The molecule has 1 fully saturated rings. The van der Waals surface area contributed by atoms with E-state index < -0.39 is 0 Å². The van der Waals surface area contributed by atoms with Gasteiger partial charge in [0.05, 0.1) is 23.8 Å². The number of anilines is 1. The van der Waals surface area contributed by atoms with Crippen LogP contribution in [0.2, 0.25) is 0 Å². The van der Waals surface area contributed by atoms with Gasteiger partial charge in [0.1, 0.15) is 18.7 Å². The first-order chi connectivity index (χ1) is 15.6. The predicted octanol–water partition coefficient (Wildman–Crippen LogP) is 4.47. The molecule has 3 rings (SSSR count). The van der Waals surface area contributed by atoms with E-state index in [2.05, 4.69) is 28.4 Å². The minimum Gasteiger partial charge on any atom is -0.496 e. The lowest BCUT2D eigenvalue weighted by atomic mass is 10.1. The number of pyridine rings is 1. The van der Waals surface area contributed by atoms with Gasteiger partial charge in [-0.25, -0.2) is 4.98 Å². The molecule has 0 aliphatic carbocycles. The van der Waals surface area contributed by atoms with Crippen LogP contribution in [0.5, 0.6) is 0 Å². The molecule has 1 aliphatic heterocycles. The Balaban J connectivity index is 0.000000336. The summed E-state index contributed by atoms with van der Waals surface area (Å²) >= 11 is 1.39. The van der Waals surface area contributed by atoms with Gasteiger partial charge in [-0.05, 0) is 38.3 Å². The molecular weight excluding hydrogens is 424 g/mol. The number of thioether (sulfide) groups is 1. The van der Waals surface area contributed by atoms with Crippen LogP contribution in [0.4, 0.5) is 5.69 Å². The van der Waals surface area contributed by atoms with Crippen molar-refractivity contribution in [3.05, 3.63) is 65.7 Å². The summed E-state index contributed by atoms with van der Waals surface area (Å²) in [4.78, 5) is 24.0. The molecule has 1 saturated heterocycles. The molecule has 0 N–H and O–H groups in total. The summed E-state index contributed by atoms with van der Waals surface area (Å²) in [5.41, 5.74) is 2.42. The van der Waals surface area contributed by atoms with Crippen molar-refractivity contribution in [1.29, 1.82) is 0 Å². The molecule has 0 radical (unpaired) electrons. The Labute approximate surface area is 194 Å². The molecule has 3 heterocycles. The van der Waals surface area contributed by atoms with E-state index in [0.717, 1.165) is 43.2 Å². The predicted molar refractivity (Wildman–Crippen MR) is 133 cm³/mol. The molecule has 1 aliphatic rings. The first kappa shape index (κ1) is 25.4. The van der Waals surface area contributed by atoms with Gasteiger partial charge in [0.2, 0.25) is 0 Å². The zero-order valence-corrected chi connectivity index (χ0v) is 20.1. The van der Waals surface area contributed by atoms with Gasteiger partial charge in [0, 0.05) is 49.9 Å². The second-order valence-corrected chi connectivity index (χ2v) is 7.65. The van der Waals surface area contributed by atoms with E-state index in [1.807, 2.05) is 32.4 Å². The highest BCUT2D eigenvalue weighted by Gasteiger charge is 2.17. The smallest absolute Gasteiger partial charge is 0.271 e. The number of nitrogens with zero attached hydrogens (tertiary/aromatic N) is 4. The van der Waals surface area contributed by atoms with Gasteiger partial charge < -0.3 is 14.4 Å². The van der Waals surface area contributed by atoms with Crippen molar-refractivity contribution in [1.82, 2.24) is 14.5 Å². The van der Waals surface area contributed by atoms with Crippen molar-refractivity contribution in [2.24, 2.45) is 0 Å². The van der Waals surface area contributed by atoms with Gasteiger partial charge >= 0.3 is 0 Å². The summed E-state index contributed by atoms with van der Waals surface area (Å²) in [6.45, 7) is 10.8. The first-order valence-electron chi connectivity index (χ1n) is 10.5. The van der Waals surface area contributed by atoms with Crippen LogP contribution < -0.4 is 10.5 Å². The van der Waals surface area contributed by atoms with E-state index in [4.69, 9.17) is 9.47 Å². The van der Waals surface area contributed by atoms with Gasteiger partial charge in [-0.15, -0.1) is 11.8 Å². The largest absolute Gasteiger partial charge is 0.496 e. The third-order valence-corrected chi connectivity index (χ3v) is 5.54. The maximum absolute atomic E-state index is 12.6. The topological polar surface area (TPSA) is 69.5 Å². The average molecular weight is 457 g/mol. The standard InChI is InChI=1S/C17H20N4OS.C7H12O2/c1-5-7-10-21-12-19-15(16(23-4)17(21)22)13-11-18-9-8-14(13)20(3)6-2;1-2-7-6-8-4-3-5-9-7/h5,7-12H,1,6H2,2-4H3;2H,3-6H2,1H3/b10-7+;7-2+. The molecule has 2 aromatic rings. The van der Waals surface area contributed by atoms with Crippen LogP contribution in [0, 0.1) is 0 Å². The number of hydrogen-bond acceptors (Lipinski definition) is 7. The van der Waals surface area contributed by atoms with E-state index in [0.29, 0.717) is 17.2 Å². The summed E-state index contributed by atoms with van der Waals surface area (Å²) in [7, 11) is 2.01. The van der Waals surface area contributed by atoms with Crippen molar-refractivity contribution >= 4 is 23.6 Å². The van der Waals surface area contributed by atoms with E-state index in [1.165, 1.54) is 22.7 Å². The molecule has 0 amide bonds. The Morgan fingerprint density at radius 2 is 2.19 bits per heavy atom. The molecule has 7 nitrogen and oxygen atoms in total. The summed E-state index contributed by atoms with van der Waals surface area (Å²) < 4.78 is 11.9. The number of hydrogen-bond donors (Lipinski definition) is 0. The number of allylic oxidation sites excluding steroid dienone is 3. The summed E-state index contributed by atoms with van der Waals surface area (Å²) in [6.07, 6.45) is 14.8. The molecule has 0 saturated carbocycles. The van der Waals surface area contributed by atoms with Crippen LogP contribution in [0.25, 0.3) is 17.5 Å². The third kappa shape index (κ3) is 6.83. The fourth-order valence-corrected chi connectivity index (χ4v) is 3.54. The van der Waals surface area contributed by atoms with Crippen LogP contribution in [0.1, 0.15) is 20.3 Å². The molecule has 172 valence electrons. The minimum absolute atomic E-state index is 0.102. The van der Waals surface area contributed by atoms with E-state index in [1.54, 1.807) is 30.7 Å². The highest BCUT2D eigenvalue weighted by Crippen LogP contribution is 2.32. The summed E-state index contributed by atoms with van der Waals surface area (Å²) in [6, 6.07) is 1.94. The molecule has 0 spiro atoms. The van der Waals surface area contributed by atoms with E-state index in [9.17, 15) is 4.79 Å². The number of ether oxygens (including phenoxy) is 2. The molecule has 32 heavy (non-hydrogen) atoms. The van der Waals surface area contributed by atoms with Crippen molar-refractivity contribution in [2.45, 2.75) is 25.2 Å². The minimum atomic E-state index is -0.102. The highest BCUT2D eigenvalue weighted by atomic mass is 32.2. The zero-order chi connectivity index (χ0) is 23.3. The molecule has 0 aromatic carbocycles. The Bertz CT molecular complexity index is 991. The molecule has 8 heteroatoms. The lowest BCUT2D eigenvalue weighted by Crippen LogP contribution is -2.20. The highest BCUT2D eigenvalue weighted by molar-refractivity contribution is 7.98. The monoisotopic (exact) mass is 456 g/mol. The second-order valence-electron chi connectivity index (χ2n) is 6.83. The van der Waals surface area contributed by atoms with Crippen molar-refractivity contribution in [2.75, 3.05) is 44.6 Å². The summed E-state index contributed by atoms with van der Waals surface area (Å²) in [5, 5.41) is 0. The van der Waals surface area contributed by atoms with Gasteiger partial charge in [-0.3, -0.25) is 14.3 Å². The van der Waals surface area contributed by atoms with Gasteiger partial charge in [-0.2, -0.15) is 0 Å². The Kier molecular flexibility index (Phi) is 10.8. The van der Waals surface area contributed by atoms with Crippen LogP contribution in [-0.2, 0) is 9.47 Å². The van der Waals surface area contributed by atoms with E-state index >= 15 is 0 Å². The molecule has 0 bridgehead atoms. The lowest BCUT2D eigenvalue weighted by Gasteiger charge is -2.20. The Hall–Kier alpha value is -2.84. The maximum Gasteiger partial charge on any atom is 0.271 e. The fraction of sp³-hybridized carbons (Fsp3) is 0.375. The molecular formula is C24H32N4O3S. The number of rotatable bonds is 6. The first-order valence-corrected chi connectivity index (χ1v) is 11.7. The Morgan fingerprint density at radius 3 is 2.88 bits per heavy atom. The van der Waals surface area contributed by atoms with Crippen molar-refractivity contribution in [3.8, 4) is 11.3 Å². The summed E-state index contributed by atoms with van der Waals surface area (Å²) in [5.74, 6) is 0.965. The van der Waals surface area contributed by atoms with Gasteiger partial charge in [0.15, 0.2) is 0 Å². The van der Waals surface area contributed by atoms with E-state index in [-0.39, 0.29) is 5.56 Å². The average Bonchev–Trinajstić information content (AvgIpc) is 3.12. The van der Waals surface area contributed by atoms with Gasteiger partial charge in [0.25, 0.3) is 5.56 Å². The fourth-order valence-electron chi connectivity index (χ4n) is 2.90. The Morgan fingerprint density at radius 1 is 1.38 bits per heavy atom. The van der Waals surface area contributed by atoms with Gasteiger partial charge in [-0.1, -0.05) is 12.7 Å². The van der Waals surface area contributed by atoms with Crippen molar-refractivity contribution in [3.63, 3.8) is 0 Å². The van der Waals surface area contributed by atoms with Crippen LogP contribution in [0.15, 0.2) is 65.0 Å². The van der Waals surface area contributed by atoms with Crippen LogP contribution in [0.3, 0.4) is 0 Å².